The van der Waals surface area contributed by atoms with Gasteiger partial charge in [-0.15, -0.1) is 11.3 Å². The summed E-state index contributed by atoms with van der Waals surface area (Å²) in [5, 5.41) is 3.52. The third kappa shape index (κ3) is 5.20. The molecule has 2 aromatic heterocycles. The lowest BCUT2D eigenvalue weighted by Crippen LogP contribution is -2.16. The largest absolute Gasteiger partial charge is 0.416 e. The van der Waals surface area contributed by atoms with E-state index in [1.165, 1.54) is 23.6 Å². The first-order valence-electron chi connectivity index (χ1n) is 9.66. The molecule has 0 saturated heterocycles. The average molecular weight is 458 g/mol. The van der Waals surface area contributed by atoms with Crippen LogP contribution in [0.5, 0.6) is 0 Å². The maximum absolute atomic E-state index is 12.9. The Bertz CT molecular complexity index is 1330. The summed E-state index contributed by atoms with van der Waals surface area (Å²) in [5.74, 6) is 0.106. The zero-order valence-corrected chi connectivity index (χ0v) is 17.4. The van der Waals surface area contributed by atoms with Gasteiger partial charge in [0, 0.05) is 30.3 Å². The zero-order valence-electron chi connectivity index (χ0n) is 16.6. The van der Waals surface area contributed by atoms with E-state index in [-0.39, 0.29) is 30.7 Å². The Kier molecular flexibility index (Phi) is 6.04. The number of alkyl halides is 3. The second-order valence-electron chi connectivity index (χ2n) is 7.08. The van der Waals surface area contributed by atoms with Crippen molar-refractivity contribution in [3.8, 4) is 0 Å². The topological polar surface area (TPSA) is 87.7 Å². The van der Waals surface area contributed by atoms with Crippen LogP contribution >= 0.6 is 11.3 Å². The number of nitrogens with zero attached hydrogens (tertiary/aromatic N) is 2. The van der Waals surface area contributed by atoms with Gasteiger partial charge in [-0.05, 0) is 23.8 Å². The Morgan fingerprint density at radius 1 is 1.12 bits per heavy atom. The van der Waals surface area contributed by atoms with Crippen LogP contribution in [0, 0.1) is 0 Å². The molecule has 10 heteroatoms. The van der Waals surface area contributed by atoms with E-state index >= 15 is 0 Å². The van der Waals surface area contributed by atoms with Crippen molar-refractivity contribution in [1.82, 2.24) is 15.0 Å². The number of rotatable bonds is 6. The molecule has 0 unspecified atom stereocenters. The van der Waals surface area contributed by atoms with Gasteiger partial charge in [-0.1, -0.05) is 30.3 Å². The smallest absolute Gasteiger partial charge is 0.310 e. The van der Waals surface area contributed by atoms with Crippen LogP contribution in [0.4, 0.5) is 18.3 Å². The van der Waals surface area contributed by atoms with Gasteiger partial charge in [-0.25, -0.2) is 9.97 Å². The summed E-state index contributed by atoms with van der Waals surface area (Å²) >= 11 is 1.20. The number of hydrogen-bond donors (Lipinski definition) is 2. The Morgan fingerprint density at radius 2 is 1.94 bits per heavy atom. The van der Waals surface area contributed by atoms with Crippen LogP contribution in [0.3, 0.4) is 0 Å². The number of benzene rings is 2. The van der Waals surface area contributed by atoms with Crippen molar-refractivity contribution in [1.29, 1.82) is 0 Å². The molecule has 6 nitrogen and oxygen atoms in total. The molecule has 164 valence electrons. The van der Waals surface area contributed by atoms with Crippen LogP contribution in [-0.2, 0) is 23.8 Å². The maximum atomic E-state index is 12.9. The third-order valence-corrected chi connectivity index (χ3v) is 5.60. The summed E-state index contributed by atoms with van der Waals surface area (Å²) in [6.07, 6.45) is -2.26. The number of carbonyl (C=O) groups is 1. The van der Waals surface area contributed by atoms with E-state index in [0.717, 1.165) is 17.0 Å². The Balaban J connectivity index is 1.36. The summed E-state index contributed by atoms with van der Waals surface area (Å²) in [6, 6.07) is 12.1. The molecule has 0 fully saturated rings. The maximum Gasteiger partial charge on any atom is 0.416 e. The highest BCUT2D eigenvalue weighted by molar-refractivity contribution is 7.15. The van der Waals surface area contributed by atoms with Crippen molar-refractivity contribution in [2.24, 2.45) is 0 Å². The third-order valence-electron chi connectivity index (χ3n) is 4.68. The van der Waals surface area contributed by atoms with Crippen molar-refractivity contribution in [3.05, 3.63) is 86.9 Å². The van der Waals surface area contributed by atoms with E-state index in [1.54, 1.807) is 30.3 Å². The van der Waals surface area contributed by atoms with Crippen molar-refractivity contribution in [3.63, 3.8) is 0 Å². The second kappa shape index (κ2) is 8.91. The van der Waals surface area contributed by atoms with E-state index in [1.807, 2.05) is 0 Å². The van der Waals surface area contributed by atoms with E-state index in [0.29, 0.717) is 27.4 Å². The van der Waals surface area contributed by atoms with Gasteiger partial charge < -0.3 is 10.3 Å². The van der Waals surface area contributed by atoms with E-state index in [4.69, 9.17) is 0 Å². The molecular formula is C22H17F3N4O2S. The lowest BCUT2D eigenvalue weighted by Gasteiger charge is -2.07. The number of amides is 1. The Morgan fingerprint density at radius 3 is 2.75 bits per heavy atom. The lowest BCUT2D eigenvalue weighted by molar-refractivity contribution is -0.137. The molecule has 0 spiro atoms. The number of H-pyrrole nitrogens is 1. The molecule has 0 atom stereocenters. The highest BCUT2D eigenvalue weighted by Gasteiger charge is 2.30. The predicted octanol–water partition coefficient (Wildman–Crippen LogP) is 4.56. The summed E-state index contributed by atoms with van der Waals surface area (Å²) in [7, 11) is 0. The van der Waals surface area contributed by atoms with Crippen LogP contribution < -0.4 is 10.9 Å². The summed E-state index contributed by atoms with van der Waals surface area (Å²) in [5.41, 5.74) is 0.108. The number of carbonyl (C=O) groups excluding carboxylic acids is 1. The number of para-hydroxylation sites is 1. The molecular weight excluding hydrogens is 441 g/mol. The minimum Gasteiger partial charge on any atom is -0.310 e. The molecule has 0 saturated carbocycles. The van der Waals surface area contributed by atoms with Gasteiger partial charge in [0.1, 0.15) is 5.82 Å². The van der Waals surface area contributed by atoms with E-state index in [9.17, 15) is 22.8 Å². The van der Waals surface area contributed by atoms with Gasteiger partial charge in [-0.2, -0.15) is 13.2 Å². The minimum absolute atomic E-state index is 0.0871. The summed E-state index contributed by atoms with van der Waals surface area (Å²) in [6.45, 7) is 0. The fourth-order valence-electron chi connectivity index (χ4n) is 3.17. The highest BCUT2D eigenvalue weighted by Crippen LogP contribution is 2.30. The molecule has 4 aromatic rings. The molecule has 32 heavy (non-hydrogen) atoms. The van der Waals surface area contributed by atoms with Crippen LogP contribution in [-0.4, -0.2) is 20.9 Å². The van der Waals surface area contributed by atoms with E-state index in [2.05, 4.69) is 20.3 Å². The normalized spacial score (nSPS) is 11.6. The van der Waals surface area contributed by atoms with Gasteiger partial charge in [-0.3, -0.25) is 9.59 Å². The Hall–Kier alpha value is -3.53. The number of thiazole rings is 1. The fraction of sp³-hybridized carbons (Fsp3) is 0.182. The lowest BCUT2D eigenvalue weighted by atomic mass is 10.1. The number of nitrogens with one attached hydrogen (secondary N) is 2. The van der Waals surface area contributed by atoms with Crippen LogP contribution in [0.2, 0.25) is 0 Å². The SMILES string of the molecule is O=C(CCc1nc2ccccc2c(=O)[nH]1)Nc1ncc(Cc2cccc(C(F)(F)F)c2)s1. The monoisotopic (exact) mass is 458 g/mol. The molecule has 0 radical (unpaired) electrons. The van der Waals surface area contributed by atoms with Gasteiger partial charge in [0.2, 0.25) is 5.91 Å². The van der Waals surface area contributed by atoms with Gasteiger partial charge in [0.15, 0.2) is 5.13 Å². The van der Waals surface area contributed by atoms with Crippen molar-refractivity contribution >= 4 is 33.3 Å². The first kappa shape index (κ1) is 21.7. The van der Waals surface area contributed by atoms with Crippen LogP contribution in [0.25, 0.3) is 10.9 Å². The number of anilines is 1. The summed E-state index contributed by atoms with van der Waals surface area (Å²) in [4.78, 5) is 36.2. The standard InChI is InChI=1S/C22H17F3N4O2S/c23-22(24,25)14-5-3-4-13(10-14)11-15-12-26-21(32-15)29-19(30)9-8-18-27-17-7-2-1-6-16(17)20(31)28-18/h1-7,10,12H,8-9,11H2,(H,26,29,30)(H,27,28,31). The highest BCUT2D eigenvalue weighted by atomic mass is 32.1. The molecule has 0 bridgehead atoms. The molecule has 2 heterocycles. The van der Waals surface area contributed by atoms with Crippen molar-refractivity contribution in [2.45, 2.75) is 25.4 Å². The zero-order chi connectivity index (χ0) is 22.7. The van der Waals surface area contributed by atoms with E-state index < -0.39 is 11.7 Å². The summed E-state index contributed by atoms with van der Waals surface area (Å²) < 4.78 is 38.6. The molecule has 0 aliphatic heterocycles. The predicted molar refractivity (Wildman–Crippen MR) is 116 cm³/mol. The molecule has 4 rings (SSSR count). The second-order valence-corrected chi connectivity index (χ2v) is 8.20. The number of fused-ring (bicyclic) bond motifs is 1. The van der Waals surface area contributed by atoms with Gasteiger partial charge in [0.25, 0.3) is 5.56 Å². The number of halogens is 3. The fourth-order valence-corrected chi connectivity index (χ4v) is 4.04. The Labute approximate surface area is 184 Å². The average Bonchev–Trinajstić information content (AvgIpc) is 3.18. The van der Waals surface area contributed by atoms with Gasteiger partial charge >= 0.3 is 6.18 Å². The molecule has 2 aromatic carbocycles. The number of hydrogen-bond acceptors (Lipinski definition) is 5. The van der Waals surface area contributed by atoms with Gasteiger partial charge in [0.05, 0.1) is 16.5 Å². The van der Waals surface area contributed by atoms with Crippen LogP contribution in [0.15, 0.2) is 59.5 Å². The van der Waals surface area contributed by atoms with Crippen molar-refractivity contribution < 1.29 is 18.0 Å². The molecule has 0 aliphatic rings. The number of aromatic nitrogens is 3. The van der Waals surface area contributed by atoms with Crippen LogP contribution in [0.1, 0.15) is 28.2 Å². The first-order valence-corrected chi connectivity index (χ1v) is 10.5. The molecule has 0 aliphatic carbocycles. The molecule has 1 amide bonds. The quantitative estimate of drug-likeness (QED) is 0.443. The minimum atomic E-state index is -4.40. The number of aryl methyl sites for hydroxylation is 1. The first-order chi connectivity index (χ1) is 15.3. The van der Waals surface area contributed by atoms with Crippen molar-refractivity contribution in [2.75, 3.05) is 5.32 Å². The molecule has 2 N–H and O–H groups in total. The number of aromatic amines is 1.